The van der Waals surface area contributed by atoms with Crippen LogP contribution in [0, 0.1) is 0 Å². The predicted molar refractivity (Wildman–Crippen MR) is 64.2 cm³/mol. The van der Waals surface area contributed by atoms with E-state index < -0.39 is 11.5 Å². The average molecular weight is 290 g/mol. The van der Waals surface area contributed by atoms with Crippen molar-refractivity contribution in [1.29, 1.82) is 0 Å². The highest BCUT2D eigenvalue weighted by Crippen LogP contribution is 2.23. The van der Waals surface area contributed by atoms with Crippen LogP contribution in [0.15, 0.2) is 21.2 Å². The molecule has 0 saturated heterocycles. The first-order chi connectivity index (χ1) is 7.39. The maximum absolute atomic E-state index is 11.2. The van der Waals surface area contributed by atoms with Crippen LogP contribution in [-0.2, 0) is 11.3 Å². The number of carboxylic acid groups (broad SMARTS) is 1. The zero-order chi connectivity index (χ0) is 12.3. The third-order valence-electron chi connectivity index (χ3n) is 2.72. The van der Waals surface area contributed by atoms with Crippen LogP contribution < -0.4 is 0 Å². The number of nitrogens with zero attached hydrogens (tertiary/aromatic N) is 1. The smallest absolute Gasteiger partial charge is 0.323 e. The molecule has 0 saturated carbocycles. The molecule has 1 aromatic rings. The van der Waals surface area contributed by atoms with Crippen LogP contribution in [0.5, 0.6) is 0 Å². The Morgan fingerprint density at radius 2 is 2.25 bits per heavy atom. The second-order valence-corrected chi connectivity index (χ2v) is 4.92. The van der Waals surface area contributed by atoms with Gasteiger partial charge in [-0.15, -0.1) is 0 Å². The normalized spacial score (nSPS) is 12.1. The zero-order valence-electron chi connectivity index (χ0n) is 9.66. The van der Waals surface area contributed by atoms with Crippen molar-refractivity contribution in [2.75, 3.05) is 6.54 Å². The summed E-state index contributed by atoms with van der Waals surface area (Å²) in [5.74, 6) is -0.0896. The van der Waals surface area contributed by atoms with E-state index in [1.807, 2.05) is 11.8 Å². The van der Waals surface area contributed by atoms with Gasteiger partial charge < -0.3 is 9.52 Å². The quantitative estimate of drug-likeness (QED) is 0.906. The number of hydrogen-bond acceptors (Lipinski definition) is 3. The lowest BCUT2D eigenvalue weighted by atomic mass is 10.0. The Balaban J connectivity index is 2.85. The van der Waals surface area contributed by atoms with Gasteiger partial charge >= 0.3 is 5.97 Å². The van der Waals surface area contributed by atoms with E-state index in [4.69, 9.17) is 9.52 Å². The lowest BCUT2D eigenvalue weighted by Crippen LogP contribution is -2.49. The van der Waals surface area contributed by atoms with Crippen molar-refractivity contribution < 1.29 is 14.3 Å². The second-order valence-electron chi connectivity index (χ2n) is 4.07. The summed E-state index contributed by atoms with van der Waals surface area (Å²) in [4.78, 5) is 13.0. The Bertz CT molecular complexity index is 373. The van der Waals surface area contributed by atoms with Crippen LogP contribution in [0.25, 0.3) is 0 Å². The van der Waals surface area contributed by atoms with Crippen LogP contribution >= 0.6 is 15.9 Å². The number of hydrogen-bond donors (Lipinski definition) is 1. The molecule has 1 rings (SSSR count). The molecule has 5 heteroatoms. The van der Waals surface area contributed by atoms with Gasteiger partial charge in [-0.25, -0.2) is 0 Å². The first-order valence-corrected chi connectivity index (χ1v) is 5.89. The standard InChI is InChI=1S/C11H16BrNO3/c1-4-13(11(2,3)10(14)15)7-9-8(12)5-6-16-9/h5-6H,4,7H2,1-3H3,(H,14,15). The Morgan fingerprint density at radius 1 is 1.62 bits per heavy atom. The van der Waals surface area contributed by atoms with E-state index in [0.717, 1.165) is 10.2 Å². The summed E-state index contributed by atoms with van der Waals surface area (Å²) in [5, 5.41) is 9.16. The second kappa shape index (κ2) is 5.01. The summed E-state index contributed by atoms with van der Waals surface area (Å²) in [6, 6.07) is 1.80. The third-order valence-corrected chi connectivity index (χ3v) is 3.43. The van der Waals surface area contributed by atoms with E-state index in [9.17, 15) is 4.79 Å². The Morgan fingerprint density at radius 3 is 2.62 bits per heavy atom. The summed E-state index contributed by atoms with van der Waals surface area (Å²) in [6.07, 6.45) is 1.58. The molecule has 90 valence electrons. The molecule has 0 amide bonds. The fraction of sp³-hybridized carbons (Fsp3) is 0.545. The minimum absolute atomic E-state index is 0.476. The van der Waals surface area contributed by atoms with E-state index in [1.54, 1.807) is 26.2 Å². The van der Waals surface area contributed by atoms with Gasteiger partial charge in [-0.2, -0.15) is 0 Å². The van der Waals surface area contributed by atoms with Gasteiger partial charge in [-0.1, -0.05) is 6.92 Å². The van der Waals surface area contributed by atoms with Crippen LogP contribution in [0.1, 0.15) is 26.5 Å². The Kier molecular flexibility index (Phi) is 4.15. The molecule has 1 N–H and O–H groups in total. The van der Waals surface area contributed by atoms with Gasteiger partial charge in [-0.3, -0.25) is 9.69 Å². The zero-order valence-corrected chi connectivity index (χ0v) is 11.2. The molecule has 0 unspecified atom stereocenters. The fourth-order valence-electron chi connectivity index (χ4n) is 1.45. The molecule has 0 aliphatic carbocycles. The number of furan rings is 1. The molecule has 16 heavy (non-hydrogen) atoms. The molecule has 1 heterocycles. The average Bonchev–Trinajstić information content (AvgIpc) is 2.60. The lowest BCUT2D eigenvalue weighted by Gasteiger charge is -2.33. The summed E-state index contributed by atoms with van der Waals surface area (Å²) < 4.78 is 6.16. The lowest BCUT2D eigenvalue weighted by molar-refractivity contribution is -0.149. The van der Waals surface area contributed by atoms with Crippen molar-refractivity contribution >= 4 is 21.9 Å². The molecule has 0 fully saturated rings. The van der Waals surface area contributed by atoms with Crippen LogP contribution in [0.2, 0.25) is 0 Å². The van der Waals surface area contributed by atoms with Gasteiger partial charge in [0.1, 0.15) is 11.3 Å². The maximum Gasteiger partial charge on any atom is 0.323 e. The number of aliphatic carboxylic acids is 1. The molecule has 0 bridgehead atoms. The van der Waals surface area contributed by atoms with E-state index >= 15 is 0 Å². The largest absolute Gasteiger partial charge is 0.480 e. The van der Waals surface area contributed by atoms with E-state index in [1.165, 1.54) is 0 Å². The van der Waals surface area contributed by atoms with Crippen LogP contribution in [0.4, 0.5) is 0 Å². The number of carbonyl (C=O) groups is 1. The van der Waals surface area contributed by atoms with Crippen molar-refractivity contribution in [3.05, 3.63) is 22.6 Å². The predicted octanol–water partition coefficient (Wildman–Crippen LogP) is 2.73. The van der Waals surface area contributed by atoms with Gasteiger partial charge in [0, 0.05) is 0 Å². The van der Waals surface area contributed by atoms with E-state index in [2.05, 4.69) is 15.9 Å². The van der Waals surface area contributed by atoms with Crippen LogP contribution in [-0.4, -0.2) is 28.1 Å². The highest BCUT2D eigenvalue weighted by atomic mass is 79.9. The molecule has 0 aliphatic rings. The molecule has 0 radical (unpaired) electrons. The van der Waals surface area contributed by atoms with Crippen molar-refractivity contribution in [3.8, 4) is 0 Å². The van der Waals surface area contributed by atoms with Gasteiger partial charge in [0.15, 0.2) is 0 Å². The molecule has 0 atom stereocenters. The Hall–Kier alpha value is -0.810. The van der Waals surface area contributed by atoms with Crippen molar-refractivity contribution in [1.82, 2.24) is 4.90 Å². The maximum atomic E-state index is 11.2. The monoisotopic (exact) mass is 289 g/mol. The molecular formula is C11H16BrNO3. The molecule has 4 nitrogen and oxygen atoms in total. The number of carboxylic acids is 1. The summed E-state index contributed by atoms with van der Waals surface area (Å²) in [6.45, 7) is 6.43. The van der Waals surface area contributed by atoms with Crippen molar-refractivity contribution in [2.45, 2.75) is 32.9 Å². The minimum Gasteiger partial charge on any atom is -0.480 e. The summed E-state index contributed by atoms with van der Waals surface area (Å²) in [7, 11) is 0. The van der Waals surface area contributed by atoms with E-state index in [0.29, 0.717) is 13.1 Å². The van der Waals surface area contributed by atoms with Gasteiger partial charge in [0.25, 0.3) is 0 Å². The summed E-state index contributed by atoms with van der Waals surface area (Å²) >= 11 is 3.36. The fourth-order valence-corrected chi connectivity index (χ4v) is 1.78. The molecule has 0 spiro atoms. The Labute approximate surface area is 103 Å². The topological polar surface area (TPSA) is 53.7 Å². The molecule has 1 aromatic heterocycles. The number of halogens is 1. The van der Waals surface area contributed by atoms with Crippen molar-refractivity contribution in [2.24, 2.45) is 0 Å². The highest BCUT2D eigenvalue weighted by Gasteiger charge is 2.34. The number of rotatable bonds is 5. The molecular weight excluding hydrogens is 274 g/mol. The van der Waals surface area contributed by atoms with E-state index in [-0.39, 0.29) is 0 Å². The summed E-state index contributed by atoms with van der Waals surface area (Å²) in [5.41, 5.74) is -0.902. The highest BCUT2D eigenvalue weighted by molar-refractivity contribution is 9.10. The first kappa shape index (κ1) is 13.3. The first-order valence-electron chi connectivity index (χ1n) is 5.10. The minimum atomic E-state index is -0.902. The SMILES string of the molecule is CCN(Cc1occc1Br)C(C)(C)C(=O)O. The van der Waals surface area contributed by atoms with Crippen molar-refractivity contribution in [3.63, 3.8) is 0 Å². The molecule has 0 aliphatic heterocycles. The number of likely N-dealkylation sites (N-methyl/N-ethyl adjacent to an activating group) is 1. The van der Waals surface area contributed by atoms with Gasteiger partial charge in [-0.05, 0) is 42.4 Å². The van der Waals surface area contributed by atoms with Crippen LogP contribution in [0.3, 0.4) is 0 Å². The third kappa shape index (κ3) is 2.65. The van der Waals surface area contributed by atoms with Gasteiger partial charge in [0.2, 0.25) is 0 Å². The molecule has 0 aromatic carbocycles. The van der Waals surface area contributed by atoms with Gasteiger partial charge in [0.05, 0.1) is 17.3 Å².